The van der Waals surface area contributed by atoms with Crippen molar-refractivity contribution in [2.45, 2.75) is 32.4 Å². The Morgan fingerprint density at radius 3 is 3.08 bits per heavy atom. The number of carbonyl (C=O) groups is 1. The molecule has 1 saturated heterocycles. The molecule has 0 aliphatic carbocycles. The van der Waals surface area contributed by atoms with E-state index in [1.807, 2.05) is 25.1 Å². The quantitative estimate of drug-likeness (QED) is 0.849. The summed E-state index contributed by atoms with van der Waals surface area (Å²) in [6.07, 6.45) is 2.05. The van der Waals surface area contributed by atoms with E-state index in [4.69, 9.17) is 17.0 Å². The molecule has 24 heavy (non-hydrogen) atoms. The first-order chi connectivity index (χ1) is 11.6. The van der Waals surface area contributed by atoms with Crippen molar-refractivity contribution in [3.8, 4) is 5.88 Å². The third kappa shape index (κ3) is 2.44. The summed E-state index contributed by atoms with van der Waals surface area (Å²) in [7, 11) is 0. The van der Waals surface area contributed by atoms with Gasteiger partial charge in [0.25, 0.3) is 5.91 Å². The normalized spacial score (nSPS) is 19.6. The molecule has 1 aromatic heterocycles. The molecule has 1 N–H and O–H groups in total. The predicted octanol–water partition coefficient (Wildman–Crippen LogP) is 1.83. The SMILES string of the molecule is Cc1cccc2c1=NC(=O)C=2c1sc(=S)n(CC2CCCO2)c1O. The molecule has 1 atom stereocenters. The van der Waals surface area contributed by atoms with Gasteiger partial charge in [0.2, 0.25) is 5.88 Å². The van der Waals surface area contributed by atoms with E-state index in [9.17, 15) is 9.90 Å². The number of rotatable bonds is 3. The van der Waals surface area contributed by atoms with Crippen LogP contribution in [0, 0.1) is 10.9 Å². The van der Waals surface area contributed by atoms with Gasteiger partial charge in [-0.15, -0.1) is 11.3 Å². The van der Waals surface area contributed by atoms with E-state index >= 15 is 0 Å². The van der Waals surface area contributed by atoms with E-state index < -0.39 is 0 Å². The van der Waals surface area contributed by atoms with Crippen LogP contribution in [0.2, 0.25) is 0 Å². The first kappa shape index (κ1) is 15.7. The Kier molecular flexibility index (Phi) is 3.86. The van der Waals surface area contributed by atoms with Crippen molar-refractivity contribution in [1.29, 1.82) is 0 Å². The van der Waals surface area contributed by atoms with E-state index in [1.165, 1.54) is 11.3 Å². The Morgan fingerprint density at radius 2 is 2.33 bits per heavy atom. The predicted molar refractivity (Wildman–Crippen MR) is 93.3 cm³/mol. The van der Waals surface area contributed by atoms with Crippen molar-refractivity contribution in [2.75, 3.05) is 6.61 Å². The number of aryl methyl sites for hydroxylation is 1. The number of carbonyl (C=O) groups excluding carboxylic acids is 1. The molecule has 7 heteroatoms. The third-order valence-corrected chi connectivity index (χ3v) is 5.90. The maximum Gasteiger partial charge on any atom is 0.279 e. The van der Waals surface area contributed by atoms with Gasteiger partial charge in [0.1, 0.15) is 4.88 Å². The van der Waals surface area contributed by atoms with Crippen LogP contribution in [0.4, 0.5) is 0 Å². The molecule has 1 aromatic carbocycles. The van der Waals surface area contributed by atoms with Gasteiger partial charge in [-0.05, 0) is 37.5 Å². The van der Waals surface area contributed by atoms with E-state index in [2.05, 4.69) is 4.99 Å². The van der Waals surface area contributed by atoms with Gasteiger partial charge < -0.3 is 9.84 Å². The number of ether oxygens (including phenoxy) is 1. The first-order valence-electron chi connectivity index (χ1n) is 7.84. The molecule has 5 nitrogen and oxygen atoms in total. The zero-order chi connectivity index (χ0) is 16.8. The molecule has 2 aromatic rings. The van der Waals surface area contributed by atoms with Crippen molar-refractivity contribution < 1.29 is 14.6 Å². The third-order valence-electron chi connectivity index (χ3n) is 4.44. The summed E-state index contributed by atoms with van der Waals surface area (Å²) in [5, 5.41) is 12.1. The van der Waals surface area contributed by atoms with E-state index in [1.54, 1.807) is 4.57 Å². The summed E-state index contributed by atoms with van der Waals surface area (Å²) in [4.78, 5) is 17.1. The standard InChI is InChI=1S/C17H16N2O3S2/c1-9-4-2-6-11-12(15(20)18-13(9)11)14-16(21)19(17(23)24-14)8-10-5-3-7-22-10/h2,4,6,10,21H,3,5,7-8H2,1H3. The molecule has 0 radical (unpaired) electrons. The highest BCUT2D eigenvalue weighted by Crippen LogP contribution is 2.33. The minimum absolute atomic E-state index is 0.0356. The summed E-state index contributed by atoms with van der Waals surface area (Å²) in [6, 6.07) is 5.67. The van der Waals surface area contributed by atoms with Crippen LogP contribution < -0.4 is 10.6 Å². The largest absolute Gasteiger partial charge is 0.493 e. The van der Waals surface area contributed by atoms with Crippen molar-refractivity contribution in [3.05, 3.63) is 43.2 Å². The minimum atomic E-state index is -0.324. The molecule has 2 aliphatic heterocycles. The molecular weight excluding hydrogens is 344 g/mol. The maximum atomic E-state index is 12.4. The molecule has 2 aliphatic rings. The Balaban J connectivity index is 1.86. The molecule has 1 fully saturated rings. The monoisotopic (exact) mass is 360 g/mol. The second-order valence-corrected chi connectivity index (χ2v) is 7.67. The summed E-state index contributed by atoms with van der Waals surface area (Å²) in [6.45, 7) is 3.18. The molecule has 0 spiro atoms. The number of aromatic nitrogens is 1. The molecule has 1 unspecified atom stereocenters. The fraction of sp³-hybridized carbons (Fsp3) is 0.353. The van der Waals surface area contributed by atoms with Crippen LogP contribution in [0.3, 0.4) is 0 Å². The zero-order valence-electron chi connectivity index (χ0n) is 13.1. The average Bonchev–Trinajstić information content (AvgIpc) is 3.23. The number of thiazole rings is 1. The van der Waals surface area contributed by atoms with Crippen LogP contribution in [0.25, 0.3) is 5.57 Å². The fourth-order valence-corrected chi connectivity index (χ4v) is 4.57. The zero-order valence-corrected chi connectivity index (χ0v) is 14.7. The lowest BCUT2D eigenvalue weighted by molar-refractivity contribution is -0.112. The lowest BCUT2D eigenvalue weighted by Crippen LogP contribution is -2.25. The molecule has 124 valence electrons. The lowest BCUT2D eigenvalue weighted by Gasteiger charge is -2.11. The Bertz CT molecular complexity index is 1010. The fourth-order valence-electron chi connectivity index (χ4n) is 3.21. The Morgan fingerprint density at radius 1 is 1.50 bits per heavy atom. The number of fused-ring (bicyclic) bond motifs is 1. The van der Waals surface area contributed by atoms with Gasteiger partial charge in [-0.3, -0.25) is 9.36 Å². The summed E-state index contributed by atoms with van der Waals surface area (Å²) in [5.41, 5.74) is 1.38. The van der Waals surface area contributed by atoms with Crippen LogP contribution in [0.5, 0.6) is 5.88 Å². The molecule has 3 heterocycles. The van der Waals surface area contributed by atoms with Crippen molar-refractivity contribution in [1.82, 2.24) is 4.57 Å². The molecular formula is C17H16N2O3S2. The maximum absolute atomic E-state index is 12.4. The second-order valence-electron chi connectivity index (χ2n) is 6.03. The summed E-state index contributed by atoms with van der Waals surface area (Å²) in [5.74, 6) is -0.288. The topological polar surface area (TPSA) is 63.8 Å². The number of hydrogen-bond acceptors (Lipinski definition) is 5. The van der Waals surface area contributed by atoms with Gasteiger partial charge in [-0.2, -0.15) is 0 Å². The highest BCUT2D eigenvalue weighted by Gasteiger charge is 2.27. The molecule has 4 rings (SSSR count). The summed E-state index contributed by atoms with van der Waals surface area (Å²) < 4.78 is 7.84. The van der Waals surface area contributed by atoms with Crippen LogP contribution in [0.15, 0.2) is 23.2 Å². The first-order valence-corrected chi connectivity index (χ1v) is 9.06. The molecule has 1 amide bonds. The lowest BCUT2D eigenvalue weighted by atomic mass is 10.1. The molecule has 0 saturated carbocycles. The Hall–Kier alpha value is -1.83. The number of hydrogen-bond donors (Lipinski definition) is 1. The Labute approximate surface area is 147 Å². The number of para-hydroxylation sites is 1. The smallest absolute Gasteiger partial charge is 0.279 e. The van der Waals surface area contributed by atoms with Crippen molar-refractivity contribution in [2.24, 2.45) is 4.99 Å². The van der Waals surface area contributed by atoms with Crippen molar-refractivity contribution >= 4 is 35.0 Å². The average molecular weight is 360 g/mol. The summed E-state index contributed by atoms with van der Waals surface area (Å²) >= 11 is 6.65. The highest BCUT2D eigenvalue weighted by atomic mass is 32.1. The van der Waals surface area contributed by atoms with Gasteiger partial charge >= 0.3 is 0 Å². The second kappa shape index (κ2) is 5.91. The number of aromatic hydroxyl groups is 1. The van der Waals surface area contributed by atoms with Gasteiger partial charge in [0.05, 0.1) is 23.6 Å². The number of amides is 1. The van der Waals surface area contributed by atoms with Gasteiger partial charge in [0, 0.05) is 11.8 Å². The number of benzene rings is 1. The highest BCUT2D eigenvalue weighted by molar-refractivity contribution is 7.73. The van der Waals surface area contributed by atoms with Gasteiger partial charge in [0.15, 0.2) is 3.95 Å². The van der Waals surface area contributed by atoms with Crippen LogP contribution in [0.1, 0.15) is 23.3 Å². The number of nitrogens with zero attached hydrogens (tertiary/aromatic N) is 2. The van der Waals surface area contributed by atoms with E-state index in [0.29, 0.717) is 26.3 Å². The minimum Gasteiger partial charge on any atom is -0.493 e. The van der Waals surface area contributed by atoms with Crippen molar-refractivity contribution in [3.63, 3.8) is 0 Å². The van der Waals surface area contributed by atoms with Crippen LogP contribution in [-0.2, 0) is 16.1 Å². The molecule has 0 bridgehead atoms. The van der Waals surface area contributed by atoms with Crippen LogP contribution >= 0.6 is 23.6 Å². The van der Waals surface area contributed by atoms with E-state index in [0.717, 1.165) is 30.2 Å². The van der Waals surface area contributed by atoms with Gasteiger partial charge in [-0.1, -0.05) is 18.2 Å². The van der Waals surface area contributed by atoms with Gasteiger partial charge in [-0.25, -0.2) is 4.99 Å². The van der Waals surface area contributed by atoms with E-state index in [-0.39, 0.29) is 17.9 Å². The van der Waals surface area contributed by atoms with Crippen LogP contribution in [-0.4, -0.2) is 28.3 Å².